The van der Waals surface area contributed by atoms with Crippen molar-refractivity contribution in [1.82, 2.24) is 14.0 Å². The topological polar surface area (TPSA) is 91.4 Å². The molecular weight excluding hydrogens is 463 g/mol. The van der Waals surface area contributed by atoms with E-state index in [0.717, 1.165) is 20.8 Å². The van der Waals surface area contributed by atoms with E-state index in [1.165, 1.54) is 30.5 Å². The van der Waals surface area contributed by atoms with Crippen LogP contribution < -0.4 is 10.0 Å². The van der Waals surface area contributed by atoms with E-state index in [-0.39, 0.29) is 17.1 Å². The Kier molecular flexibility index (Phi) is 6.09. The number of likely N-dealkylation sites (N-methyl/N-ethyl adjacent to an activating group) is 1. The van der Waals surface area contributed by atoms with E-state index < -0.39 is 34.0 Å². The molecule has 0 bridgehead atoms. The lowest BCUT2D eigenvalue weighted by molar-refractivity contribution is -0.120. The highest BCUT2D eigenvalue weighted by atomic mass is 35.5. The molecule has 31 heavy (non-hydrogen) atoms. The molecule has 7 nitrogen and oxygen atoms in total. The summed E-state index contributed by atoms with van der Waals surface area (Å²) in [7, 11) is -2.58. The van der Waals surface area contributed by atoms with Gasteiger partial charge in [-0.3, -0.25) is 4.79 Å². The lowest BCUT2D eigenvalue weighted by Crippen LogP contribution is -2.55. The molecule has 1 saturated heterocycles. The predicted molar refractivity (Wildman–Crippen MR) is 119 cm³/mol. The van der Waals surface area contributed by atoms with Crippen molar-refractivity contribution in [3.8, 4) is 10.4 Å². The number of thiazole rings is 1. The summed E-state index contributed by atoms with van der Waals surface area (Å²) in [5.74, 6) is -1.15. The second-order valence-electron chi connectivity index (χ2n) is 6.99. The number of nitrogens with one attached hydrogen (secondary N) is 2. The number of carbonyl (C=O) groups is 1. The number of benzene rings is 2. The summed E-state index contributed by atoms with van der Waals surface area (Å²) in [6, 6.07) is 11.7. The quantitative estimate of drug-likeness (QED) is 0.593. The molecule has 2 N–H and O–H groups in total. The number of carbonyl (C=O) groups excluding carboxylic acids is 1. The maximum Gasteiger partial charge on any atom is 0.280 e. The molecular formula is C20H18ClFN4O3S2. The van der Waals surface area contributed by atoms with Crippen LogP contribution in [-0.4, -0.2) is 36.7 Å². The Balaban J connectivity index is 1.57. The lowest BCUT2D eigenvalue weighted by Gasteiger charge is -2.35. The number of anilines is 1. The van der Waals surface area contributed by atoms with Crippen LogP contribution in [0, 0.1) is 5.82 Å². The predicted octanol–water partition coefficient (Wildman–Crippen LogP) is 3.82. The summed E-state index contributed by atoms with van der Waals surface area (Å²) >= 11 is 7.13. The van der Waals surface area contributed by atoms with Gasteiger partial charge in [-0.25, -0.2) is 9.37 Å². The number of halogens is 2. The minimum absolute atomic E-state index is 0.141. The van der Waals surface area contributed by atoms with Crippen molar-refractivity contribution in [2.24, 2.45) is 0 Å². The van der Waals surface area contributed by atoms with Gasteiger partial charge in [0.25, 0.3) is 10.2 Å². The second kappa shape index (κ2) is 8.64. The van der Waals surface area contributed by atoms with E-state index >= 15 is 0 Å². The first-order chi connectivity index (χ1) is 14.7. The largest absolute Gasteiger partial charge is 0.325 e. The molecule has 4 rings (SSSR count). The summed E-state index contributed by atoms with van der Waals surface area (Å²) in [6.45, 7) is 0. The zero-order chi connectivity index (χ0) is 22.2. The van der Waals surface area contributed by atoms with E-state index in [0.29, 0.717) is 5.01 Å². The van der Waals surface area contributed by atoms with E-state index in [4.69, 9.17) is 11.6 Å². The van der Waals surface area contributed by atoms with Crippen LogP contribution >= 0.6 is 22.9 Å². The third-order valence-corrected chi connectivity index (χ3v) is 7.98. The molecule has 2 unspecified atom stereocenters. The Morgan fingerprint density at radius 1 is 1.29 bits per heavy atom. The molecule has 0 spiro atoms. The smallest absolute Gasteiger partial charge is 0.280 e. The average Bonchev–Trinajstić information content (AvgIpc) is 3.23. The summed E-state index contributed by atoms with van der Waals surface area (Å²) in [4.78, 5) is 18.2. The summed E-state index contributed by atoms with van der Waals surface area (Å²) < 4.78 is 42.2. The van der Waals surface area contributed by atoms with Gasteiger partial charge in [-0.05, 0) is 30.2 Å². The monoisotopic (exact) mass is 480 g/mol. The number of rotatable bonds is 4. The lowest BCUT2D eigenvalue weighted by atomic mass is 10.1. The molecule has 1 aromatic heterocycles. The van der Waals surface area contributed by atoms with E-state index in [2.05, 4.69) is 15.0 Å². The van der Waals surface area contributed by atoms with Crippen LogP contribution in [-0.2, 0) is 15.0 Å². The van der Waals surface area contributed by atoms with Crippen molar-refractivity contribution in [2.75, 3.05) is 12.4 Å². The highest BCUT2D eigenvalue weighted by Crippen LogP contribution is 2.34. The molecule has 162 valence electrons. The summed E-state index contributed by atoms with van der Waals surface area (Å²) in [5, 5.41) is 3.04. The molecule has 1 fully saturated rings. The van der Waals surface area contributed by atoms with Gasteiger partial charge in [-0.2, -0.15) is 17.4 Å². The minimum atomic E-state index is -3.91. The third kappa shape index (κ3) is 4.63. The molecule has 2 heterocycles. The van der Waals surface area contributed by atoms with Crippen LogP contribution in [0.15, 0.2) is 54.7 Å². The zero-order valence-corrected chi connectivity index (χ0v) is 18.6. The molecule has 2 atom stereocenters. The van der Waals surface area contributed by atoms with Crippen LogP contribution in [0.5, 0.6) is 0 Å². The Hall–Kier alpha value is -2.37. The normalized spacial score (nSPS) is 21.0. The van der Waals surface area contributed by atoms with Crippen molar-refractivity contribution in [3.05, 3.63) is 70.6 Å². The van der Waals surface area contributed by atoms with Crippen LogP contribution in [0.4, 0.5) is 10.1 Å². The Bertz CT molecular complexity index is 1220. The van der Waals surface area contributed by atoms with Crippen molar-refractivity contribution in [2.45, 2.75) is 18.5 Å². The van der Waals surface area contributed by atoms with Crippen LogP contribution in [0.1, 0.15) is 17.5 Å². The van der Waals surface area contributed by atoms with Crippen molar-refractivity contribution in [1.29, 1.82) is 0 Å². The van der Waals surface area contributed by atoms with Crippen LogP contribution in [0.3, 0.4) is 0 Å². The van der Waals surface area contributed by atoms with Crippen molar-refractivity contribution < 1.29 is 17.6 Å². The number of nitrogens with zero attached hydrogens (tertiary/aromatic N) is 2. The molecule has 0 aliphatic carbocycles. The fraction of sp³-hybridized carbons (Fsp3) is 0.200. The van der Waals surface area contributed by atoms with Gasteiger partial charge in [0.1, 0.15) is 16.9 Å². The fourth-order valence-electron chi connectivity index (χ4n) is 3.26. The molecule has 1 aliphatic heterocycles. The molecule has 3 aromatic rings. The second-order valence-corrected chi connectivity index (χ2v) is 10.2. The van der Waals surface area contributed by atoms with Gasteiger partial charge < -0.3 is 5.32 Å². The maximum absolute atomic E-state index is 13.4. The number of hydrogen-bond donors (Lipinski definition) is 2. The molecule has 0 radical (unpaired) electrons. The van der Waals surface area contributed by atoms with Gasteiger partial charge in [-0.15, -0.1) is 11.3 Å². The first-order valence-electron chi connectivity index (χ1n) is 9.27. The van der Waals surface area contributed by atoms with E-state index in [1.807, 2.05) is 30.3 Å². The fourth-order valence-corrected chi connectivity index (χ4v) is 5.75. The standard InChI is InChI=1S/C20H18ClFN4O3S2/c1-26-17(19(27)24-13-7-8-15(22)14(21)9-13)10-16(25-31(26,28)29)20-23-11-18(30-20)12-5-3-2-4-6-12/h2-9,11,16-17,25H,10H2,1H3,(H,24,27). The Morgan fingerprint density at radius 3 is 2.74 bits per heavy atom. The maximum atomic E-state index is 13.4. The molecule has 0 saturated carbocycles. The molecule has 1 amide bonds. The van der Waals surface area contributed by atoms with Crippen LogP contribution in [0.2, 0.25) is 5.02 Å². The summed E-state index contributed by atoms with van der Waals surface area (Å²) in [6.07, 6.45) is 1.87. The van der Waals surface area contributed by atoms with Gasteiger partial charge in [-0.1, -0.05) is 41.9 Å². The first-order valence-corrected chi connectivity index (χ1v) is 11.9. The van der Waals surface area contributed by atoms with Gasteiger partial charge >= 0.3 is 0 Å². The minimum Gasteiger partial charge on any atom is -0.325 e. The van der Waals surface area contributed by atoms with Crippen LogP contribution in [0.25, 0.3) is 10.4 Å². The molecule has 1 aliphatic rings. The van der Waals surface area contributed by atoms with Gasteiger partial charge in [0.05, 0.1) is 15.9 Å². The van der Waals surface area contributed by atoms with Gasteiger partial charge in [0.15, 0.2) is 0 Å². The average molecular weight is 481 g/mol. The first kappa shape index (κ1) is 21.8. The third-order valence-electron chi connectivity index (χ3n) is 4.94. The van der Waals surface area contributed by atoms with E-state index in [1.54, 1.807) is 6.20 Å². The number of aromatic nitrogens is 1. The van der Waals surface area contributed by atoms with Gasteiger partial charge in [0, 0.05) is 18.9 Å². The highest BCUT2D eigenvalue weighted by molar-refractivity contribution is 7.87. The summed E-state index contributed by atoms with van der Waals surface area (Å²) in [5.41, 5.74) is 1.25. The molecule has 2 aromatic carbocycles. The number of amides is 1. The van der Waals surface area contributed by atoms with Gasteiger partial charge in [0.2, 0.25) is 5.91 Å². The zero-order valence-electron chi connectivity index (χ0n) is 16.2. The van der Waals surface area contributed by atoms with E-state index in [9.17, 15) is 17.6 Å². The van der Waals surface area contributed by atoms with Crippen molar-refractivity contribution >= 4 is 44.7 Å². The number of hydrogen-bond acceptors (Lipinski definition) is 5. The highest BCUT2D eigenvalue weighted by Gasteiger charge is 2.41. The van der Waals surface area contributed by atoms with Crippen molar-refractivity contribution in [3.63, 3.8) is 0 Å². The molecule has 11 heteroatoms. The Labute approximate surface area is 188 Å². The SMILES string of the molecule is CN1C(C(=O)Nc2ccc(F)c(Cl)c2)CC(c2ncc(-c3ccccc3)s2)NS1(=O)=O. The Morgan fingerprint density at radius 2 is 2.03 bits per heavy atom.